The molecular weight excluding hydrogens is 384 g/mol. The number of anilines is 1. The molecule has 1 aliphatic heterocycles. The summed E-state index contributed by atoms with van der Waals surface area (Å²) < 4.78 is 5.83. The molecule has 0 aromatic carbocycles. The van der Waals surface area contributed by atoms with Crippen LogP contribution in [0.3, 0.4) is 0 Å². The highest BCUT2D eigenvalue weighted by atomic mass is 16.4. The number of oxazole rings is 1. The van der Waals surface area contributed by atoms with Gasteiger partial charge in [0.1, 0.15) is 17.7 Å². The third kappa shape index (κ3) is 3.86. The van der Waals surface area contributed by atoms with Gasteiger partial charge >= 0.3 is 0 Å². The Balaban J connectivity index is 1.67. The van der Waals surface area contributed by atoms with Crippen LogP contribution < -0.4 is 5.32 Å². The summed E-state index contributed by atoms with van der Waals surface area (Å²) in [6.45, 7) is 4.46. The minimum absolute atomic E-state index is 0.0179. The largest absolute Gasteiger partial charge is 0.438 e. The predicted octanol–water partition coefficient (Wildman–Crippen LogP) is 2.76. The number of rotatable bonds is 5. The Hall–Kier alpha value is -3.38. The fourth-order valence-electron chi connectivity index (χ4n) is 3.71. The van der Waals surface area contributed by atoms with Crippen molar-refractivity contribution in [3.05, 3.63) is 30.4 Å². The number of hydrogen-bond donors (Lipinski definition) is 3. The zero-order chi connectivity index (χ0) is 21.3. The lowest BCUT2D eigenvalue weighted by atomic mass is 10.0. The molecule has 1 aliphatic rings. The Morgan fingerprint density at radius 2 is 2.30 bits per heavy atom. The van der Waals surface area contributed by atoms with Gasteiger partial charge in [0.2, 0.25) is 11.8 Å². The number of nitrogens with one attached hydrogen (secondary N) is 2. The molecule has 3 N–H and O–H groups in total. The molecule has 3 aromatic heterocycles. The smallest absolute Gasteiger partial charge is 0.236 e. The Bertz CT molecular complexity index is 1100. The second-order valence-electron chi connectivity index (χ2n) is 8.03. The summed E-state index contributed by atoms with van der Waals surface area (Å²) in [5, 5.41) is 23.5. The van der Waals surface area contributed by atoms with Crippen LogP contribution in [-0.4, -0.2) is 50.0 Å². The molecule has 9 heteroatoms. The van der Waals surface area contributed by atoms with Gasteiger partial charge in [-0.3, -0.25) is 4.79 Å². The maximum Gasteiger partial charge on any atom is 0.236 e. The van der Waals surface area contributed by atoms with E-state index >= 15 is 0 Å². The molecule has 1 atom stereocenters. The summed E-state index contributed by atoms with van der Waals surface area (Å²) in [7, 11) is 0. The number of likely N-dealkylation sites (tertiary alicyclic amines) is 1. The van der Waals surface area contributed by atoms with E-state index in [1.807, 2.05) is 18.3 Å². The Morgan fingerprint density at radius 1 is 1.47 bits per heavy atom. The highest BCUT2D eigenvalue weighted by Gasteiger charge is 2.27. The van der Waals surface area contributed by atoms with E-state index in [-0.39, 0.29) is 18.4 Å². The fourth-order valence-corrected chi connectivity index (χ4v) is 3.71. The molecule has 0 saturated carbocycles. The second-order valence-corrected chi connectivity index (χ2v) is 8.03. The zero-order valence-corrected chi connectivity index (χ0v) is 17.0. The number of fused-ring (bicyclic) bond motifs is 1. The molecule has 156 valence electrons. The maximum absolute atomic E-state index is 12.2. The SMILES string of the molecule is CC(C)(O)c1cnc(-c2cnc3[nH]ccc3c2N[C@@H]2CCCN(C(=O)CC#N)C2)o1. The normalized spacial score (nSPS) is 17.1. The van der Waals surface area contributed by atoms with E-state index in [4.69, 9.17) is 9.68 Å². The highest BCUT2D eigenvalue weighted by Crippen LogP contribution is 2.35. The Morgan fingerprint density at radius 3 is 3.03 bits per heavy atom. The number of carbonyl (C=O) groups excluding carboxylic acids is 1. The number of nitriles is 1. The van der Waals surface area contributed by atoms with Gasteiger partial charge < -0.3 is 24.7 Å². The molecule has 1 amide bonds. The topological polar surface area (TPSA) is 131 Å². The molecule has 0 spiro atoms. The summed E-state index contributed by atoms with van der Waals surface area (Å²) in [5.41, 5.74) is 1.07. The third-order valence-electron chi connectivity index (χ3n) is 5.28. The van der Waals surface area contributed by atoms with Crippen LogP contribution in [0.1, 0.15) is 38.9 Å². The Labute approximate surface area is 173 Å². The van der Waals surface area contributed by atoms with Crippen molar-refractivity contribution in [2.75, 3.05) is 18.4 Å². The first-order chi connectivity index (χ1) is 14.4. The van der Waals surface area contributed by atoms with Gasteiger partial charge in [-0.1, -0.05) is 0 Å². The molecule has 30 heavy (non-hydrogen) atoms. The number of piperidine rings is 1. The first kappa shape index (κ1) is 19.9. The highest BCUT2D eigenvalue weighted by molar-refractivity contribution is 5.97. The average Bonchev–Trinajstić information content (AvgIpc) is 3.38. The number of pyridine rings is 1. The lowest BCUT2D eigenvalue weighted by Gasteiger charge is -2.33. The molecule has 0 bridgehead atoms. The van der Waals surface area contributed by atoms with Crippen LogP contribution in [-0.2, 0) is 10.4 Å². The number of amides is 1. The van der Waals surface area contributed by atoms with E-state index in [0.29, 0.717) is 30.3 Å². The van der Waals surface area contributed by atoms with E-state index in [2.05, 4.69) is 20.3 Å². The number of aromatic amines is 1. The van der Waals surface area contributed by atoms with Gasteiger partial charge in [0.05, 0.1) is 23.5 Å². The van der Waals surface area contributed by atoms with E-state index in [1.165, 1.54) is 6.20 Å². The summed E-state index contributed by atoms with van der Waals surface area (Å²) in [6, 6.07) is 3.87. The van der Waals surface area contributed by atoms with Crippen molar-refractivity contribution in [2.45, 2.75) is 44.8 Å². The minimum Gasteiger partial charge on any atom is -0.438 e. The number of aliphatic hydroxyl groups is 1. The van der Waals surface area contributed by atoms with Crippen molar-refractivity contribution in [2.24, 2.45) is 0 Å². The second kappa shape index (κ2) is 7.80. The lowest BCUT2D eigenvalue weighted by molar-refractivity contribution is -0.131. The van der Waals surface area contributed by atoms with Crippen LogP contribution in [0.5, 0.6) is 0 Å². The maximum atomic E-state index is 12.2. The summed E-state index contributed by atoms with van der Waals surface area (Å²) in [5.74, 6) is 0.579. The molecule has 0 unspecified atom stereocenters. The van der Waals surface area contributed by atoms with Crippen molar-refractivity contribution in [3.63, 3.8) is 0 Å². The molecule has 3 aromatic rings. The van der Waals surface area contributed by atoms with Crippen LogP contribution in [0.4, 0.5) is 5.69 Å². The average molecular weight is 408 g/mol. The van der Waals surface area contributed by atoms with E-state index in [9.17, 15) is 9.90 Å². The molecule has 9 nitrogen and oxygen atoms in total. The van der Waals surface area contributed by atoms with Crippen LogP contribution in [0.25, 0.3) is 22.5 Å². The molecule has 4 heterocycles. The zero-order valence-electron chi connectivity index (χ0n) is 17.0. The number of aromatic nitrogens is 3. The number of carbonyl (C=O) groups is 1. The quantitative estimate of drug-likeness (QED) is 0.591. The van der Waals surface area contributed by atoms with Gasteiger partial charge in [-0.15, -0.1) is 0 Å². The lowest BCUT2D eigenvalue weighted by Crippen LogP contribution is -2.45. The summed E-state index contributed by atoms with van der Waals surface area (Å²) in [6.07, 6.45) is 6.66. The summed E-state index contributed by atoms with van der Waals surface area (Å²) in [4.78, 5) is 25.8. The number of hydrogen-bond acceptors (Lipinski definition) is 7. The minimum atomic E-state index is -1.14. The van der Waals surface area contributed by atoms with Crippen molar-refractivity contribution in [1.29, 1.82) is 5.26 Å². The van der Waals surface area contributed by atoms with Crippen LogP contribution in [0.2, 0.25) is 0 Å². The molecule has 0 radical (unpaired) electrons. The van der Waals surface area contributed by atoms with Crippen LogP contribution in [0.15, 0.2) is 29.1 Å². The van der Waals surface area contributed by atoms with E-state index in [0.717, 1.165) is 29.6 Å². The fraction of sp³-hybridized carbons (Fsp3) is 0.429. The van der Waals surface area contributed by atoms with Crippen LogP contribution >= 0.6 is 0 Å². The van der Waals surface area contributed by atoms with Gasteiger partial charge in [-0.2, -0.15) is 5.26 Å². The molecular formula is C21H24N6O3. The predicted molar refractivity (Wildman–Crippen MR) is 110 cm³/mol. The van der Waals surface area contributed by atoms with Crippen molar-refractivity contribution in [1.82, 2.24) is 19.9 Å². The van der Waals surface area contributed by atoms with Gasteiger partial charge in [-0.25, -0.2) is 9.97 Å². The molecule has 4 rings (SSSR count). The van der Waals surface area contributed by atoms with Crippen molar-refractivity contribution >= 4 is 22.6 Å². The van der Waals surface area contributed by atoms with Crippen LogP contribution in [0, 0.1) is 11.3 Å². The van der Waals surface area contributed by atoms with E-state index < -0.39 is 5.60 Å². The van der Waals surface area contributed by atoms with Gasteiger partial charge in [-0.05, 0) is 32.8 Å². The first-order valence-electron chi connectivity index (χ1n) is 9.93. The number of nitrogens with zero attached hydrogens (tertiary/aromatic N) is 4. The third-order valence-corrected chi connectivity index (χ3v) is 5.28. The molecule has 0 aliphatic carbocycles. The van der Waals surface area contributed by atoms with Crippen molar-refractivity contribution in [3.8, 4) is 17.5 Å². The first-order valence-corrected chi connectivity index (χ1v) is 9.93. The standard InChI is InChI=1S/C21H24N6O3/c1-21(2,29)16-11-25-20(30-16)15-10-24-19-14(6-8-23-19)18(15)26-13-4-3-9-27(12-13)17(28)5-7-22/h6,8,10-11,13,29H,3-5,9,12H2,1-2H3,(H2,23,24,26)/t13-/m1/s1. The monoisotopic (exact) mass is 408 g/mol. The number of H-pyrrole nitrogens is 1. The molecule has 1 fully saturated rings. The van der Waals surface area contributed by atoms with E-state index in [1.54, 1.807) is 24.9 Å². The Kier molecular flexibility index (Phi) is 5.18. The van der Waals surface area contributed by atoms with Crippen molar-refractivity contribution < 1.29 is 14.3 Å². The van der Waals surface area contributed by atoms with Gasteiger partial charge in [0, 0.05) is 36.9 Å². The van der Waals surface area contributed by atoms with Gasteiger partial charge in [0.15, 0.2) is 5.76 Å². The van der Waals surface area contributed by atoms with Gasteiger partial charge in [0.25, 0.3) is 0 Å². The summed E-state index contributed by atoms with van der Waals surface area (Å²) >= 11 is 0. The molecule has 1 saturated heterocycles.